The zero-order chi connectivity index (χ0) is 13.1. The van der Waals surface area contributed by atoms with Crippen molar-refractivity contribution in [2.75, 3.05) is 20.2 Å². The van der Waals surface area contributed by atoms with Gasteiger partial charge < -0.3 is 18.4 Å². The molecule has 0 saturated heterocycles. The Morgan fingerprint density at radius 3 is 2.53 bits per heavy atom. The average Bonchev–Trinajstić information content (AvgIpc) is 2.31. The molecule has 1 atom stereocenters. The maximum absolute atomic E-state index is 6.12. The first-order valence-corrected chi connectivity index (χ1v) is 16.3. The monoisotopic (exact) mass is 312 g/mol. The minimum Gasteiger partial charge on any atom is -0.463 e. The Morgan fingerprint density at radius 2 is 2.06 bits per heavy atom. The first-order valence-electron chi connectivity index (χ1n) is 6.36. The molecule has 0 amide bonds. The molecule has 0 bridgehead atoms. The van der Waals surface area contributed by atoms with Crippen LogP contribution in [0.5, 0.6) is 0 Å². The fraction of sp³-hybridized carbons (Fsp3) is 1.00. The van der Waals surface area contributed by atoms with Crippen molar-refractivity contribution in [3.8, 4) is 0 Å². The first kappa shape index (κ1) is 17.7. The molecule has 0 aliphatic heterocycles. The first-order chi connectivity index (χ1) is 8.10. The van der Waals surface area contributed by atoms with Gasteiger partial charge in [0.1, 0.15) is 0 Å². The number of nitrogens with two attached hydrogens (primary N) is 1. The summed E-state index contributed by atoms with van der Waals surface area (Å²) in [5.41, 5.74) is 5.53. The van der Waals surface area contributed by atoms with E-state index >= 15 is 0 Å². The van der Waals surface area contributed by atoms with Crippen molar-refractivity contribution in [3.63, 3.8) is 0 Å². The van der Waals surface area contributed by atoms with Crippen LogP contribution in [0.25, 0.3) is 0 Å². The topological polar surface area (TPSA) is 65.7 Å². The molecule has 0 aromatic carbocycles. The molecule has 0 fully saturated rings. The maximum Gasteiger partial charge on any atom is 0.413 e. The number of nitrogens with one attached hydrogen (secondary N) is 1. The van der Waals surface area contributed by atoms with Gasteiger partial charge in [-0.1, -0.05) is 13.3 Å². The van der Waals surface area contributed by atoms with Crippen LogP contribution in [-0.4, -0.2) is 56.5 Å². The Kier molecular flexibility index (Phi) is 11.0. The van der Waals surface area contributed by atoms with Crippen LogP contribution >= 0.6 is 0 Å². The molecule has 0 spiro atoms. The van der Waals surface area contributed by atoms with Gasteiger partial charge in [-0.25, -0.2) is 0 Å². The molecule has 17 heavy (non-hydrogen) atoms. The van der Waals surface area contributed by atoms with Crippen LogP contribution in [0.3, 0.4) is 0 Å². The van der Waals surface area contributed by atoms with Crippen molar-refractivity contribution in [3.05, 3.63) is 0 Å². The second kappa shape index (κ2) is 10.6. The van der Waals surface area contributed by atoms with E-state index in [2.05, 4.69) is 25.0 Å². The minimum absolute atomic E-state index is 0.404. The summed E-state index contributed by atoms with van der Waals surface area (Å²) in [6.07, 6.45) is 1.08. The van der Waals surface area contributed by atoms with Crippen LogP contribution in [0, 0.1) is 0 Å². The lowest BCUT2D eigenvalue weighted by Gasteiger charge is -2.29. The van der Waals surface area contributed by atoms with Gasteiger partial charge in [0.15, 0.2) is 27.6 Å². The van der Waals surface area contributed by atoms with Gasteiger partial charge >= 0.3 is 8.72 Å². The summed E-state index contributed by atoms with van der Waals surface area (Å²) in [6.45, 7) is 7.97. The van der Waals surface area contributed by atoms with Crippen LogP contribution in [0.2, 0.25) is 19.1 Å². The van der Waals surface area contributed by atoms with Crippen molar-refractivity contribution >= 4 is 36.3 Å². The van der Waals surface area contributed by atoms with Crippen LogP contribution < -0.4 is 10.7 Å². The largest absolute Gasteiger partial charge is 0.463 e. The summed E-state index contributed by atoms with van der Waals surface area (Å²) in [4.78, 5) is 3.40. The minimum atomic E-state index is -2.16. The lowest BCUT2D eigenvalue weighted by atomic mass is 10.6. The van der Waals surface area contributed by atoms with Crippen molar-refractivity contribution in [2.45, 2.75) is 32.5 Å². The molecular formula is C8H28N2O3Si4. The van der Waals surface area contributed by atoms with Crippen molar-refractivity contribution in [2.24, 2.45) is 5.73 Å². The highest BCUT2D eigenvalue weighted by atomic mass is 29.2. The van der Waals surface area contributed by atoms with Crippen molar-refractivity contribution in [1.29, 1.82) is 0 Å². The Labute approximate surface area is 113 Å². The van der Waals surface area contributed by atoms with Crippen LogP contribution in [-0.2, 0) is 12.7 Å². The van der Waals surface area contributed by atoms with Crippen molar-refractivity contribution < 1.29 is 12.7 Å². The SMILES string of the molecule is CCC[Si](NCCN)(OC)O[SiH2][SiH2]O[SiH](C)C. The normalized spacial score (nSPS) is 16.6. The Bertz CT molecular complexity index is 190. The van der Waals surface area contributed by atoms with E-state index in [1.54, 1.807) is 7.11 Å². The lowest BCUT2D eigenvalue weighted by Crippen LogP contribution is -2.58. The van der Waals surface area contributed by atoms with Gasteiger partial charge in [0.25, 0.3) is 0 Å². The molecule has 0 aliphatic rings. The summed E-state index contributed by atoms with van der Waals surface area (Å²) in [6, 6.07) is 0.990. The van der Waals surface area contributed by atoms with Gasteiger partial charge in [-0.05, 0) is 13.1 Å². The van der Waals surface area contributed by atoms with Crippen LogP contribution in [0.1, 0.15) is 13.3 Å². The highest BCUT2D eigenvalue weighted by Crippen LogP contribution is 2.10. The molecule has 0 radical (unpaired) electrons. The summed E-state index contributed by atoms with van der Waals surface area (Å²) < 4.78 is 17.6. The maximum atomic E-state index is 6.12. The van der Waals surface area contributed by atoms with E-state index in [1.807, 2.05) is 0 Å². The van der Waals surface area contributed by atoms with Gasteiger partial charge in [0.2, 0.25) is 0 Å². The van der Waals surface area contributed by atoms with Gasteiger partial charge in [-0.3, -0.25) is 4.98 Å². The predicted octanol–water partition coefficient (Wildman–Crippen LogP) is -1.37. The molecule has 5 nitrogen and oxygen atoms in total. The second-order valence-corrected chi connectivity index (χ2v) is 14.8. The van der Waals surface area contributed by atoms with Gasteiger partial charge in [0, 0.05) is 26.2 Å². The van der Waals surface area contributed by atoms with Crippen molar-refractivity contribution in [1.82, 2.24) is 4.98 Å². The summed E-state index contributed by atoms with van der Waals surface area (Å²) in [5, 5.41) is 0. The molecule has 104 valence electrons. The summed E-state index contributed by atoms with van der Waals surface area (Å²) in [7, 11) is -2.18. The summed E-state index contributed by atoms with van der Waals surface area (Å²) >= 11 is 0. The quantitative estimate of drug-likeness (QED) is 0.364. The van der Waals surface area contributed by atoms with E-state index in [0.29, 0.717) is 6.54 Å². The second-order valence-electron chi connectivity index (χ2n) is 4.19. The van der Waals surface area contributed by atoms with E-state index in [0.717, 1.165) is 19.0 Å². The smallest absolute Gasteiger partial charge is 0.413 e. The lowest BCUT2D eigenvalue weighted by molar-refractivity contribution is 0.288. The summed E-state index contributed by atoms with van der Waals surface area (Å²) in [5.74, 6) is 0. The molecule has 0 heterocycles. The van der Waals surface area contributed by atoms with E-state index < -0.39 is 36.3 Å². The third-order valence-electron chi connectivity index (χ3n) is 2.32. The molecule has 0 saturated carbocycles. The zero-order valence-electron chi connectivity index (χ0n) is 11.6. The van der Waals surface area contributed by atoms with Gasteiger partial charge in [-0.2, -0.15) is 0 Å². The molecule has 0 aliphatic carbocycles. The molecule has 1 unspecified atom stereocenters. The Morgan fingerprint density at radius 1 is 1.35 bits per heavy atom. The zero-order valence-corrected chi connectivity index (χ0v) is 16.6. The van der Waals surface area contributed by atoms with Gasteiger partial charge in [0.05, 0.1) is 0 Å². The highest BCUT2D eigenvalue weighted by molar-refractivity contribution is 6.99. The number of hydrogen-bond donors (Lipinski definition) is 2. The molecule has 0 aromatic rings. The molecule has 0 rings (SSSR count). The Hall–Kier alpha value is 0.668. The third-order valence-corrected chi connectivity index (χ3v) is 15.8. The van der Waals surface area contributed by atoms with E-state index in [-0.39, 0.29) is 0 Å². The number of rotatable bonds is 11. The fourth-order valence-electron chi connectivity index (χ4n) is 1.53. The molecule has 3 N–H and O–H groups in total. The third kappa shape index (κ3) is 8.39. The van der Waals surface area contributed by atoms with E-state index in [9.17, 15) is 0 Å². The highest BCUT2D eigenvalue weighted by Gasteiger charge is 2.35. The van der Waals surface area contributed by atoms with Gasteiger partial charge in [-0.15, -0.1) is 0 Å². The van der Waals surface area contributed by atoms with Crippen LogP contribution in [0.4, 0.5) is 0 Å². The Balaban J connectivity index is 4.06. The standard InChI is InChI=1S/C8H28N2O3Si4/c1-5-8-17(11-2,10-7-6-9)13-15-14-12-16(3)4/h10,16H,5-9,14-15H2,1-4H3. The number of hydrogen-bond acceptors (Lipinski definition) is 5. The molecule has 9 heteroatoms. The van der Waals surface area contributed by atoms with E-state index in [4.69, 9.17) is 18.4 Å². The molecule has 0 aromatic heterocycles. The predicted molar refractivity (Wildman–Crippen MR) is 83.1 cm³/mol. The molecular weight excluding hydrogens is 284 g/mol. The average molecular weight is 313 g/mol. The van der Waals surface area contributed by atoms with Crippen LogP contribution in [0.15, 0.2) is 0 Å². The van der Waals surface area contributed by atoms with E-state index in [1.165, 1.54) is 0 Å². The fourth-order valence-corrected chi connectivity index (χ4v) is 17.4.